The van der Waals surface area contributed by atoms with E-state index in [0.29, 0.717) is 37.6 Å². The lowest BCUT2D eigenvalue weighted by atomic mass is 10.2. The van der Waals surface area contributed by atoms with Crippen molar-refractivity contribution >= 4 is 21.6 Å². The third-order valence-corrected chi connectivity index (χ3v) is 6.15. The van der Waals surface area contributed by atoms with Gasteiger partial charge in [-0.2, -0.15) is 9.40 Å². The number of sulfonamides is 1. The summed E-state index contributed by atoms with van der Waals surface area (Å²) in [5.41, 5.74) is 0.790. The molecular weight excluding hydrogens is 372 g/mol. The molecule has 27 heavy (non-hydrogen) atoms. The molecule has 3 rings (SSSR count). The second kappa shape index (κ2) is 7.59. The number of amides is 1. The van der Waals surface area contributed by atoms with E-state index in [2.05, 4.69) is 10.4 Å². The molecular formula is C17H20N4O5S. The van der Waals surface area contributed by atoms with Gasteiger partial charge in [-0.15, -0.1) is 0 Å². The van der Waals surface area contributed by atoms with Crippen LogP contribution in [0.3, 0.4) is 0 Å². The van der Waals surface area contributed by atoms with E-state index in [0.717, 1.165) is 4.68 Å². The molecule has 1 amide bonds. The van der Waals surface area contributed by atoms with Gasteiger partial charge in [-0.25, -0.2) is 13.1 Å². The van der Waals surface area contributed by atoms with Gasteiger partial charge in [0.25, 0.3) is 11.5 Å². The lowest BCUT2D eigenvalue weighted by Crippen LogP contribution is -2.40. The van der Waals surface area contributed by atoms with Crippen LogP contribution in [0.15, 0.2) is 40.0 Å². The number of ether oxygens (including phenoxy) is 1. The summed E-state index contributed by atoms with van der Waals surface area (Å²) in [7, 11) is -2.23. The minimum absolute atomic E-state index is 0.0536. The number of nitrogens with zero attached hydrogens (tertiary/aromatic N) is 3. The van der Waals surface area contributed by atoms with Crippen molar-refractivity contribution in [1.82, 2.24) is 14.1 Å². The van der Waals surface area contributed by atoms with Crippen LogP contribution in [0.2, 0.25) is 0 Å². The molecule has 1 aromatic heterocycles. The zero-order valence-electron chi connectivity index (χ0n) is 15.0. The molecule has 0 spiro atoms. The van der Waals surface area contributed by atoms with E-state index in [1.165, 1.54) is 35.6 Å². The molecule has 9 nitrogen and oxygen atoms in total. The minimum atomic E-state index is -3.67. The van der Waals surface area contributed by atoms with Gasteiger partial charge < -0.3 is 10.1 Å². The lowest BCUT2D eigenvalue weighted by Gasteiger charge is -2.26. The molecule has 1 N–H and O–H groups in total. The number of morpholine rings is 1. The molecule has 1 aliphatic rings. The lowest BCUT2D eigenvalue weighted by molar-refractivity contribution is 0.0730. The van der Waals surface area contributed by atoms with Crippen molar-refractivity contribution in [3.05, 3.63) is 51.9 Å². The molecule has 0 aliphatic carbocycles. The Kier molecular flexibility index (Phi) is 5.40. The second-order valence-electron chi connectivity index (χ2n) is 6.13. The van der Waals surface area contributed by atoms with E-state index >= 15 is 0 Å². The molecule has 1 fully saturated rings. The summed E-state index contributed by atoms with van der Waals surface area (Å²) in [5, 5.41) is 6.56. The van der Waals surface area contributed by atoms with Crippen molar-refractivity contribution in [3.63, 3.8) is 0 Å². The summed E-state index contributed by atoms with van der Waals surface area (Å²) in [5.74, 6) is -0.533. The highest BCUT2D eigenvalue weighted by molar-refractivity contribution is 7.89. The number of rotatable bonds is 4. The fourth-order valence-corrected chi connectivity index (χ4v) is 4.08. The first-order chi connectivity index (χ1) is 12.8. The van der Waals surface area contributed by atoms with Gasteiger partial charge in [-0.05, 0) is 30.7 Å². The zero-order chi connectivity index (χ0) is 19.6. The van der Waals surface area contributed by atoms with Crippen molar-refractivity contribution in [2.75, 3.05) is 31.6 Å². The number of benzene rings is 1. The van der Waals surface area contributed by atoms with Gasteiger partial charge in [0, 0.05) is 31.9 Å². The first kappa shape index (κ1) is 19.2. The maximum atomic E-state index is 12.8. The third kappa shape index (κ3) is 4.07. The number of aryl methyl sites for hydroxylation is 2. The zero-order valence-corrected chi connectivity index (χ0v) is 15.8. The van der Waals surface area contributed by atoms with E-state index in [-0.39, 0.29) is 16.1 Å². The fraction of sp³-hybridized carbons (Fsp3) is 0.353. The van der Waals surface area contributed by atoms with Crippen LogP contribution in [0.5, 0.6) is 0 Å². The molecule has 2 heterocycles. The van der Waals surface area contributed by atoms with E-state index in [1.54, 1.807) is 13.0 Å². The van der Waals surface area contributed by atoms with Gasteiger partial charge in [0.15, 0.2) is 0 Å². The second-order valence-corrected chi connectivity index (χ2v) is 8.07. The monoisotopic (exact) mass is 392 g/mol. The van der Waals surface area contributed by atoms with Gasteiger partial charge >= 0.3 is 0 Å². The molecule has 0 radical (unpaired) electrons. The normalized spacial score (nSPS) is 15.5. The third-order valence-electron chi connectivity index (χ3n) is 4.26. The number of nitrogens with one attached hydrogen (secondary N) is 1. The predicted molar refractivity (Wildman–Crippen MR) is 98.2 cm³/mol. The number of hydrogen-bond donors (Lipinski definition) is 1. The Bertz CT molecular complexity index is 1030. The summed E-state index contributed by atoms with van der Waals surface area (Å²) in [6.07, 6.45) is 0. The summed E-state index contributed by atoms with van der Waals surface area (Å²) in [6, 6.07) is 7.15. The molecule has 0 atom stereocenters. The highest BCUT2D eigenvalue weighted by Gasteiger charge is 2.27. The number of anilines is 1. The maximum Gasteiger partial charge on any atom is 0.276 e. The Hall–Kier alpha value is -2.56. The van der Waals surface area contributed by atoms with Gasteiger partial charge in [-0.1, -0.05) is 6.07 Å². The Morgan fingerprint density at radius 2 is 1.89 bits per heavy atom. The molecule has 1 aromatic carbocycles. The minimum Gasteiger partial charge on any atom is -0.379 e. The van der Waals surface area contributed by atoms with Crippen molar-refractivity contribution in [2.45, 2.75) is 11.8 Å². The molecule has 0 unspecified atom stereocenters. The van der Waals surface area contributed by atoms with Crippen molar-refractivity contribution in [2.24, 2.45) is 7.05 Å². The smallest absolute Gasteiger partial charge is 0.276 e. The summed E-state index contributed by atoms with van der Waals surface area (Å²) in [4.78, 5) is 23.9. The first-order valence-corrected chi connectivity index (χ1v) is 9.77. The summed E-state index contributed by atoms with van der Waals surface area (Å²) >= 11 is 0. The molecule has 144 valence electrons. The summed E-state index contributed by atoms with van der Waals surface area (Å²) < 4.78 is 33.2. The van der Waals surface area contributed by atoms with E-state index in [4.69, 9.17) is 4.74 Å². The molecule has 0 saturated carbocycles. The maximum absolute atomic E-state index is 12.8. The van der Waals surface area contributed by atoms with Crippen LogP contribution in [0.1, 0.15) is 16.1 Å². The molecule has 1 saturated heterocycles. The van der Waals surface area contributed by atoms with Gasteiger partial charge in [-0.3, -0.25) is 9.59 Å². The van der Waals surface area contributed by atoms with Crippen LogP contribution in [-0.4, -0.2) is 54.7 Å². The number of hydrogen-bond acceptors (Lipinski definition) is 6. The fourth-order valence-electron chi connectivity index (χ4n) is 2.64. The first-order valence-electron chi connectivity index (χ1n) is 8.33. The van der Waals surface area contributed by atoms with Crippen LogP contribution in [-0.2, 0) is 21.8 Å². The number of carbonyl (C=O) groups excluding carboxylic acids is 1. The predicted octanol–water partition coefficient (Wildman–Crippen LogP) is 0.362. The van der Waals surface area contributed by atoms with E-state index in [9.17, 15) is 18.0 Å². The molecule has 1 aliphatic heterocycles. The summed E-state index contributed by atoms with van der Waals surface area (Å²) in [6.45, 7) is 3.05. The largest absolute Gasteiger partial charge is 0.379 e. The van der Waals surface area contributed by atoms with Crippen molar-refractivity contribution < 1.29 is 17.9 Å². The van der Waals surface area contributed by atoms with Crippen LogP contribution in [0.25, 0.3) is 0 Å². The van der Waals surface area contributed by atoms with Crippen LogP contribution < -0.4 is 10.9 Å². The van der Waals surface area contributed by atoms with Gasteiger partial charge in [0.05, 0.1) is 18.1 Å². The average molecular weight is 392 g/mol. The highest BCUT2D eigenvalue weighted by atomic mass is 32.2. The molecule has 2 aromatic rings. The highest BCUT2D eigenvalue weighted by Crippen LogP contribution is 2.24. The molecule has 10 heteroatoms. The Labute approximate surface area is 156 Å². The Morgan fingerprint density at radius 3 is 2.56 bits per heavy atom. The quantitative estimate of drug-likeness (QED) is 0.804. The molecule has 0 bridgehead atoms. The van der Waals surface area contributed by atoms with Crippen molar-refractivity contribution in [3.8, 4) is 0 Å². The van der Waals surface area contributed by atoms with Gasteiger partial charge in [0.2, 0.25) is 10.0 Å². The average Bonchev–Trinajstić information content (AvgIpc) is 2.66. The van der Waals surface area contributed by atoms with Crippen LogP contribution in [0, 0.1) is 6.92 Å². The van der Waals surface area contributed by atoms with Gasteiger partial charge in [0.1, 0.15) is 5.69 Å². The Balaban J connectivity index is 1.88. The van der Waals surface area contributed by atoms with Crippen LogP contribution >= 0.6 is 0 Å². The van der Waals surface area contributed by atoms with Crippen molar-refractivity contribution in [1.29, 1.82) is 0 Å². The number of aromatic nitrogens is 2. The van der Waals surface area contributed by atoms with Crippen LogP contribution in [0.4, 0.5) is 5.69 Å². The van der Waals surface area contributed by atoms with E-state index in [1.807, 2.05) is 0 Å². The standard InChI is InChI=1S/C17H20N4O5S/c1-12-3-4-13(27(24,25)21-7-9-26-10-8-21)11-15(12)18-17(23)14-5-6-16(22)20(2)19-14/h3-6,11H,7-10H2,1-2H3,(H,18,23). The topological polar surface area (TPSA) is 111 Å². The Morgan fingerprint density at radius 1 is 1.19 bits per heavy atom. The number of carbonyl (C=O) groups is 1. The SMILES string of the molecule is Cc1ccc(S(=O)(=O)N2CCOCC2)cc1NC(=O)c1ccc(=O)n(C)n1. The van der Waals surface area contributed by atoms with E-state index < -0.39 is 15.9 Å².